The predicted octanol–water partition coefficient (Wildman–Crippen LogP) is 7.15. The zero-order valence-electron chi connectivity index (χ0n) is 17.7. The maximum Gasteiger partial charge on any atom is 0.246 e. The Balaban J connectivity index is 1.48. The summed E-state index contributed by atoms with van der Waals surface area (Å²) >= 11 is 0. The van der Waals surface area contributed by atoms with E-state index in [-0.39, 0.29) is 0 Å². The fourth-order valence-corrected chi connectivity index (χ4v) is 3.94. The van der Waals surface area contributed by atoms with E-state index in [1.165, 1.54) is 0 Å². The molecule has 0 atom stereocenters. The third-order valence-electron chi connectivity index (χ3n) is 5.48. The summed E-state index contributed by atoms with van der Waals surface area (Å²) in [5.74, 6) is 1.29. The Bertz CT molecular complexity index is 1490. The Morgan fingerprint density at radius 2 is 1.39 bits per heavy atom. The third-order valence-corrected chi connectivity index (χ3v) is 5.48. The molecule has 0 amide bonds. The van der Waals surface area contributed by atoms with Crippen molar-refractivity contribution in [1.82, 2.24) is 14.5 Å². The van der Waals surface area contributed by atoms with Crippen LogP contribution in [0.15, 0.2) is 126 Å². The highest BCUT2D eigenvalue weighted by Crippen LogP contribution is 2.35. The molecular formula is C28H20N4O. The largest absolute Gasteiger partial charge is 0.435 e. The van der Waals surface area contributed by atoms with Crippen LogP contribution in [0.25, 0.3) is 28.4 Å². The molecule has 0 saturated heterocycles. The molecule has 0 aliphatic heterocycles. The maximum atomic E-state index is 5.97. The molecule has 3 aromatic carbocycles. The lowest BCUT2D eigenvalue weighted by Crippen LogP contribution is -2.12. The van der Waals surface area contributed by atoms with E-state index < -0.39 is 0 Å². The quantitative estimate of drug-likeness (QED) is 0.292. The van der Waals surface area contributed by atoms with Crippen LogP contribution in [-0.2, 0) is 0 Å². The summed E-state index contributed by atoms with van der Waals surface area (Å²) in [4.78, 5) is 11.7. The number of hydrogen-bond donors (Lipinski definition) is 0. The van der Waals surface area contributed by atoms with E-state index in [0.29, 0.717) is 11.6 Å². The molecule has 5 heteroatoms. The number of rotatable bonds is 5. The van der Waals surface area contributed by atoms with Gasteiger partial charge in [-0.1, -0.05) is 42.5 Å². The average Bonchev–Trinajstić information content (AvgIpc) is 3.56. The number of para-hydroxylation sites is 3. The van der Waals surface area contributed by atoms with Gasteiger partial charge in [-0.2, -0.15) is 0 Å². The molecule has 33 heavy (non-hydrogen) atoms. The Hall–Kier alpha value is -4.64. The van der Waals surface area contributed by atoms with Crippen LogP contribution < -0.4 is 4.90 Å². The fourth-order valence-electron chi connectivity index (χ4n) is 3.94. The molecule has 0 N–H and O–H groups in total. The average molecular weight is 428 g/mol. The highest BCUT2D eigenvalue weighted by atomic mass is 16.3. The van der Waals surface area contributed by atoms with Crippen LogP contribution in [0, 0.1) is 0 Å². The van der Waals surface area contributed by atoms with Gasteiger partial charge in [0.05, 0.1) is 0 Å². The standard InChI is InChI=1S/C28H20N4O/c1-2-10-21(11-3-1)32(23-13-8-12-22(20-23)31-18-6-7-19-31)27-17-9-15-25(29-27)28-30-24-14-4-5-16-26(24)33-28/h1-20H. The van der Waals surface area contributed by atoms with E-state index in [1.54, 1.807) is 0 Å². The summed E-state index contributed by atoms with van der Waals surface area (Å²) in [7, 11) is 0. The zero-order valence-corrected chi connectivity index (χ0v) is 17.7. The SMILES string of the molecule is c1ccc(N(c2cccc(-n3cccc3)c2)c2cccc(-c3nc4ccccc4o3)n2)cc1. The van der Waals surface area contributed by atoms with Crippen LogP contribution in [0.5, 0.6) is 0 Å². The molecule has 158 valence electrons. The molecule has 0 spiro atoms. The number of oxazole rings is 1. The summed E-state index contributed by atoms with van der Waals surface area (Å²) in [5.41, 5.74) is 5.36. The van der Waals surface area contributed by atoms with Crippen molar-refractivity contribution < 1.29 is 4.42 Å². The number of nitrogens with zero attached hydrogens (tertiary/aromatic N) is 4. The van der Waals surface area contributed by atoms with Gasteiger partial charge in [0.2, 0.25) is 5.89 Å². The predicted molar refractivity (Wildman–Crippen MR) is 131 cm³/mol. The lowest BCUT2D eigenvalue weighted by molar-refractivity contribution is 0.617. The smallest absolute Gasteiger partial charge is 0.246 e. The van der Waals surface area contributed by atoms with Crippen LogP contribution in [-0.4, -0.2) is 14.5 Å². The minimum absolute atomic E-state index is 0.507. The zero-order chi connectivity index (χ0) is 22.0. The molecule has 3 heterocycles. The molecule has 6 rings (SSSR count). The molecule has 0 bridgehead atoms. The van der Waals surface area contributed by atoms with E-state index in [0.717, 1.165) is 34.0 Å². The topological polar surface area (TPSA) is 47.1 Å². The Labute approximate surface area is 191 Å². The summed E-state index contributed by atoms with van der Waals surface area (Å²) < 4.78 is 8.06. The molecule has 0 fully saturated rings. The molecule has 0 radical (unpaired) electrons. The van der Waals surface area contributed by atoms with E-state index >= 15 is 0 Å². The van der Waals surface area contributed by atoms with Crippen molar-refractivity contribution in [2.24, 2.45) is 0 Å². The normalized spacial score (nSPS) is 11.0. The van der Waals surface area contributed by atoms with Crippen LogP contribution in [0.3, 0.4) is 0 Å². The molecule has 6 aromatic rings. The van der Waals surface area contributed by atoms with Crippen molar-refractivity contribution in [1.29, 1.82) is 0 Å². The van der Waals surface area contributed by atoms with Crippen molar-refractivity contribution in [3.05, 3.63) is 122 Å². The van der Waals surface area contributed by atoms with Gasteiger partial charge in [0.25, 0.3) is 0 Å². The second kappa shape index (κ2) is 8.13. The second-order valence-electron chi connectivity index (χ2n) is 7.65. The first-order valence-corrected chi connectivity index (χ1v) is 10.8. The number of aromatic nitrogens is 3. The molecule has 0 aliphatic carbocycles. The number of hydrogen-bond acceptors (Lipinski definition) is 4. The second-order valence-corrected chi connectivity index (χ2v) is 7.65. The summed E-state index contributed by atoms with van der Waals surface area (Å²) in [6, 6.07) is 36.3. The molecule has 0 aliphatic rings. The van der Waals surface area contributed by atoms with Gasteiger partial charge in [-0.25, -0.2) is 9.97 Å². The third kappa shape index (κ3) is 3.66. The van der Waals surface area contributed by atoms with Gasteiger partial charge in [0, 0.05) is 29.5 Å². The molecule has 0 saturated carbocycles. The van der Waals surface area contributed by atoms with Crippen LogP contribution in [0.4, 0.5) is 17.2 Å². The van der Waals surface area contributed by atoms with Gasteiger partial charge in [-0.15, -0.1) is 0 Å². The molecular weight excluding hydrogens is 408 g/mol. The van der Waals surface area contributed by atoms with Crippen molar-refractivity contribution in [2.75, 3.05) is 4.90 Å². The number of anilines is 3. The van der Waals surface area contributed by atoms with E-state index in [9.17, 15) is 0 Å². The fraction of sp³-hybridized carbons (Fsp3) is 0. The lowest BCUT2D eigenvalue weighted by atomic mass is 10.2. The first kappa shape index (κ1) is 19.1. The van der Waals surface area contributed by atoms with Crippen molar-refractivity contribution in [3.8, 4) is 17.3 Å². The van der Waals surface area contributed by atoms with Crippen molar-refractivity contribution >= 4 is 28.3 Å². The minimum atomic E-state index is 0.507. The first-order chi connectivity index (χ1) is 16.3. The first-order valence-electron chi connectivity index (χ1n) is 10.8. The lowest BCUT2D eigenvalue weighted by Gasteiger charge is -2.25. The van der Waals surface area contributed by atoms with Gasteiger partial charge in [0.15, 0.2) is 5.58 Å². The number of benzene rings is 3. The van der Waals surface area contributed by atoms with E-state index in [1.807, 2.05) is 85.2 Å². The van der Waals surface area contributed by atoms with Crippen LogP contribution in [0.2, 0.25) is 0 Å². The number of pyridine rings is 1. The Kier molecular flexibility index (Phi) is 4.70. The maximum absolute atomic E-state index is 5.97. The molecule has 0 unspecified atom stereocenters. The van der Waals surface area contributed by atoms with E-state index in [4.69, 9.17) is 9.40 Å². The summed E-state index contributed by atoms with van der Waals surface area (Å²) in [6.45, 7) is 0. The van der Waals surface area contributed by atoms with Gasteiger partial charge in [0.1, 0.15) is 17.0 Å². The van der Waals surface area contributed by atoms with Gasteiger partial charge >= 0.3 is 0 Å². The van der Waals surface area contributed by atoms with E-state index in [2.05, 4.69) is 50.8 Å². The minimum Gasteiger partial charge on any atom is -0.435 e. The molecule has 3 aromatic heterocycles. The van der Waals surface area contributed by atoms with Crippen molar-refractivity contribution in [2.45, 2.75) is 0 Å². The Morgan fingerprint density at radius 1 is 0.636 bits per heavy atom. The van der Waals surface area contributed by atoms with Crippen LogP contribution in [0.1, 0.15) is 0 Å². The highest BCUT2D eigenvalue weighted by Gasteiger charge is 2.17. The Morgan fingerprint density at radius 3 is 2.24 bits per heavy atom. The highest BCUT2D eigenvalue weighted by molar-refractivity contribution is 5.78. The van der Waals surface area contributed by atoms with Crippen molar-refractivity contribution in [3.63, 3.8) is 0 Å². The van der Waals surface area contributed by atoms with Gasteiger partial charge in [-0.3, -0.25) is 4.90 Å². The van der Waals surface area contributed by atoms with Crippen LogP contribution >= 0.6 is 0 Å². The summed E-state index contributed by atoms with van der Waals surface area (Å²) in [6.07, 6.45) is 4.08. The monoisotopic (exact) mass is 428 g/mol. The van der Waals surface area contributed by atoms with Gasteiger partial charge < -0.3 is 8.98 Å². The molecule has 5 nitrogen and oxygen atoms in total. The van der Waals surface area contributed by atoms with Gasteiger partial charge in [-0.05, 0) is 66.7 Å². The summed E-state index contributed by atoms with van der Waals surface area (Å²) in [5, 5.41) is 0. The number of fused-ring (bicyclic) bond motifs is 1.